The zero-order valence-electron chi connectivity index (χ0n) is 10.8. The average molecular weight is 278 g/mol. The van der Waals surface area contributed by atoms with Gasteiger partial charge < -0.3 is 18.9 Å². The van der Waals surface area contributed by atoms with Gasteiger partial charge in [0.05, 0.1) is 6.61 Å². The molecule has 1 rings (SSSR count). The monoisotopic (exact) mass is 278 g/mol. The number of carbonyl (C=O) groups is 3. The molecule has 7 nitrogen and oxygen atoms in total. The second kappa shape index (κ2) is 6.46. The summed E-state index contributed by atoms with van der Waals surface area (Å²) in [4.78, 5) is 32.6. The average Bonchev–Trinajstić information content (AvgIpc) is 2.26. The predicted molar refractivity (Wildman–Crippen MR) is 57.5 cm³/mol. The maximum atomic E-state index is 14.1. The predicted octanol–water partition coefficient (Wildman–Crippen LogP) is 0.107. The molecule has 0 N–H and O–H groups in total. The Morgan fingerprint density at radius 2 is 1.53 bits per heavy atom. The summed E-state index contributed by atoms with van der Waals surface area (Å²) in [6.45, 7) is 3.08. The zero-order chi connectivity index (χ0) is 14.6. The molecule has 1 fully saturated rings. The third-order valence-corrected chi connectivity index (χ3v) is 2.27. The summed E-state index contributed by atoms with van der Waals surface area (Å²) in [7, 11) is 0. The van der Waals surface area contributed by atoms with Crippen LogP contribution in [0, 0.1) is 0 Å². The van der Waals surface area contributed by atoms with Crippen molar-refractivity contribution < 1.29 is 37.7 Å². The molecular formula is C11H15FO7. The summed E-state index contributed by atoms with van der Waals surface area (Å²) in [5.74, 6) is -2.14. The van der Waals surface area contributed by atoms with E-state index in [1.54, 1.807) is 0 Å². The number of ether oxygens (including phenoxy) is 4. The number of halogens is 1. The molecule has 108 valence electrons. The summed E-state index contributed by atoms with van der Waals surface area (Å²) in [6.07, 6.45) is -5.89. The van der Waals surface area contributed by atoms with E-state index in [1.807, 2.05) is 0 Å². The van der Waals surface area contributed by atoms with Gasteiger partial charge in [0.25, 0.3) is 0 Å². The summed E-state index contributed by atoms with van der Waals surface area (Å²) in [5.41, 5.74) is 0. The molecule has 0 bridgehead atoms. The summed E-state index contributed by atoms with van der Waals surface area (Å²) < 4.78 is 33.2. The number of hydrogen-bond acceptors (Lipinski definition) is 7. The lowest BCUT2D eigenvalue weighted by Gasteiger charge is -2.36. The van der Waals surface area contributed by atoms with Gasteiger partial charge >= 0.3 is 17.9 Å². The zero-order valence-corrected chi connectivity index (χ0v) is 10.8. The third-order valence-electron chi connectivity index (χ3n) is 2.27. The lowest BCUT2D eigenvalue weighted by atomic mass is 10.1. The van der Waals surface area contributed by atoms with Crippen molar-refractivity contribution in [3.8, 4) is 0 Å². The van der Waals surface area contributed by atoms with Crippen LogP contribution < -0.4 is 0 Å². The smallest absolute Gasteiger partial charge is 0.305 e. The van der Waals surface area contributed by atoms with Gasteiger partial charge in [-0.05, 0) is 0 Å². The van der Waals surface area contributed by atoms with Crippen LogP contribution in [-0.4, -0.2) is 49.2 Å². The molecule has 0 aromatic heterocycles. The first kappa shape index (κ1) is 15.4. The summed E-state index contributed by atoms with van der Waals surface area (Å²) in [5, 5.41) is 0. The van der Waals surface area contributed by atoms with E-state index in [0.717, 1.165) is 20.8 Å². The van der Waals surface area contributed by atoms with Crippen molar-refractivity contribution >= 4 is 17.9 Å². The van der Waals surface area contributed by atoms with E-state index >= 15 is 0 Å². The Balaban J connectivity index is 2.79. The van der Waals surface area contributed by atoms with Crippen LogP contribution in [0.5, 0.6) is 0 Å². The van der Waals surface area contributed by atoms with Crippen LogP contribution >= 0.6 is 0 Å². The minimum Gasteiger partial charge on any atom is -0.456 e. The molecule has 4 unspecified atom stereocenters. The maximum Gasteiger partial charge on any atom is 0.305 e. The highest BCUT2D eigenvalue weighted by molar-refractivity contribution is 5.67. The lowest BCUT2D eigenvalue weighted by Crippen LogP contribution is -2.55. The minimum atomic E-state index is -1.94. The summed E-state index contributed by atoms with van der Waals surface area (Å²) >= 11 is 0. The highest BCUT2D eigenvalue weighted by Crippen LogP contribution is 2.24. The van der Waals surface area contributed by atoms with Gasteiger partial charge in [-0.25, -0.2) is 4.39 Å². The molecule has 0 spiro atoms. The Kier molecular flexibility index (Phi) is 5.22. The van der Waals surface area contributed by atoms with E-state index in [1.165, 1.54) is 0 Å². The molecule has 0 radical (unpaired) electrons. The molecule has 19 heavy (non-hydrogen) atoms. The van der Waals surface area contributed by atoms with Crippen LogP contribution in [0.3, 0.4) is 0 Å². The van der Waals surface area contributed by atoms with Gasteiger partial charge in [0.15, 0.2) is 12.2 Å². The Hall–Kier alpha value is -1.70. The Morgan fingerprint density at radius 1 is 1.00 bits per heavy atom. The Bertz CT molecular complexity index is 370. The summed E-state index contributed by atoms with van der Waals surface area (Å²) in [6, 6.07) is 0. The van der Waals surface area contributed by atoms with Crippen LogP contribution in [-0.2, 0) is 33.3 Å². The van der Waals surface area contributed by atoms with Gasteiger partial charge in [-0.15, -0.1) is 0 Å². The quantitative estimate of drug-likeness (QED) is 0.534. The molecule has 0 saturated carbocycles. The standard InChI is InChI=1S/C11H15FO7/c1-5(13)17-8-4-16-11(19-7(3)15)9(12)10(8)18-6(2)14/h8-11H,4H2,1-3H3. The highest BCUT2D eigenvalue weighted by Gasteiger charge is 2.46. The van der Waals surface area contributed by atoms with E-state index in [4.69, 9.17) is 14.2 Å². The molecular weight excluding hydrogens is 263 g/mol. The van der Waals surface area contributed by atoms with Crippen LogP contribution in [0.2, 0.25) is 0 Å². The van der Waals surface area contributed by atoms with E-state index in [2.05, 4.69) is 4.74 Å². The Labute approximate surface area is 108 Å². The van der Waals surface area contributed by atoms with Gasteiger partial charge in [-0.2, -0.15) is 0 Å². The van der Waals surface area contributed by atoms with E-state index in [-0.39, 0.29) is 6.61 Å². The molecule has 4 atom stereocenters. The molecule has 1 saturated heterocycles. The van der Waals surface area contributed by atoms with Crippen LogP contribution in [0.25, 0.3) is 0 Å². The fourth-order valence-corrected chi connectivity index (χ4v) is 1.65. The topological polar surface area (TPSA) is 88.1 Å². The molecule has 0 aromatic carbocycles. The lowest BCUT2D eigenvalue weighted by molar-refractivity contribution is -0.255. The first-order valence-corrected chi connectivity index (χ1v) is 5.58. The number of alkyl halides is 1. The number of esters is 3. The molecule has 8 heteroatoms. The molecule has 1 aliphatic rings. The number of carbonyl (C=O) groups excluding carboxylic acids is 3. The first-order valence-electron chi connectivity index (χ1n) is 5.58. The van der Waals surface area contributed by atoms with Crippen molar-refractivity contribution in [2.75, 3.05) is 6.61 Å². The van der Waals surface area contributed by atoms with Crippen molar-refractivity contribution in [2.24, 2.45) is 0 Å². The van der Waals surface area contributed by atoms with Crippen molar-refractivity contribution in [1.82, 2.24) is 0 Å². The van der Waals surface area contributed by atoms with Gasteiger partial charge in [0.2, 0.25) is 12.5 Å². The number of rotatable bonds is 3. The van der Waals surface area contributed by atoms with E-state index < -0.39 is 42.6 Å². The van der Waals surface area contributed by atoms with Crippen LogP contribution in [0.1, 0.15) is 20.8 Å². The first-order chi connectivity index (χ1) is 8.81. The largest absolute Gasteiger partial charge is 0.456 e. The van der Waals surface area contributed by atoms with E-state index in [0.29, 0.717) is 0 Å². The van der Waals surface area contributed by atoms with Gasteiger partial charge in [0.1, 0.15) is 0 Å². The van der Waals surface area contributed by atoms with E-state index in [9.17, 15) is 18.8 Å². The normalized spacial score (nSPS) is 30.3. The number of hydrogen-bond donors (Lipinski definition) is 0. The molecule has 1 heterocycles. The van der Waals surface area contributed by atoms with Gasteiger partial charge in [-0.1, -0.05) is 0 Å². The molecule has 0 amide bonds. The molecule has 1 aliphatic heterocycles. The third kappa shape index (κ3) is 4.47. The second-order valence-electron chi connectivity index (χ2n) is 3.98. The molecule has 0 aliphatic carbocycles. The fourth-order valence-electron chi connectivity index (χ4n) is 1.65. The van der Waals surface area contributed by atoms with Gasteiger partial charge in [-0.3, -0.25) is 14.4 Å². The van der Waals surface area contributed by atoms with Crippen LogP contribution in [0.4, 0.5) is 4.39 Å². The van der Waals surface area contributed by atoms with Crippen molar-refractivity contribution in [2.45, 2.75) is 45.4 Å². The minimum absolute atomic E-state index is 0.240. The van der Waals surface area contributed by atoms with Crippen molar-refractivity contribution in [3.63, 3.8) is 0 Å². The maximum absolute atomic E-state index is 14.1. The van der Waals surface area contributed by atoms with Crippen LogP contribution in [0.15, 0.2) is 0 Å². The van der Waals surface area contributed by atoms with Crippen molar-refractivity contribution in [1.29, 1.82) is 0 Å². The second-order valence-corrected chi connectivity index (χ2v) is 3.98. The Morgan fingerprint density at radius 3 is 2.00 bits per heavy atom. The van der Waals surface area contributed by atoms with Gasteiger partial charge in [0, 0.05) is 20.8 Å². The molecule has 0 aromatic rings. The highest BCUT2D eigenvalue weighted by atomic mass is 19.1. The fraction of sp³-hybridized carbons (Fsp3) is 0.727. The SMILES string of the molecule is CC(=O)OC1COC(OC(C)=O)C(F)C1OC(C)=O. The van der Waals surface area contributed by atoms with Crippen molar-refractivity contribution in [3.05, 3.63) is 0 Å².